The minimum absolute atomic E-state index is 0.0347. The van der Waals surface area contributed by atoms with E-state index in [1.165, 1.54) is 0 Å². The van der Waals surface area contributed by atoms with Gasteiger partial charge in [0.2, 0.25) is 0 Å². The zero-order valence-corrected chi connectivity index (χ0v) is 18.9. The predicted octanol–water partition coefficient (Wildman–Crippen LogP) is 4.62. The van der Waals surface area contributed by atoms with E-state index in [1.54, 1.807) is 19.5 Å². The number of ketones is 1. The third kappa shape index (κ3) is 4.22. The van der Waals surface area contributed by atoms with Crippen molar-refractivity contribution in [1.82, 2.24) is 4.98 Å². The van der Waals surface area contributed by atoms with Gasteiger partial charge in [0.15, 0.2) is 5.78 Å². The van der Waals surface area contributed by atoms with Gasteiger partial charge in [-0.15, -0.1) is 0 Å². The van der Waals surface area contributed by atoms with Crippen LogP contribution in [0.3, 0.4) is 0 Å². The van der Waals surface area contributed by atoms with E-state index in [-0.39, 0.29) is 23.8 Å². The molecule has 3 atom stereocenters. The molecule has 0 saturated carbocycles. The van der Waals surface area contributed by atoms with Gasteiger partial charge < -0.3 is 9.47 Å². The van der Waals surface area contributed by atoms with Crippen molar-refractivity contribution in [2.45, 2.75) is 51.6 Å². The van der Waals surface area contributed by atoms with Crippen molar-refractivity contribution in [2.24, 2.45) is 10.9 Å². The number of hydrogen-bond donors (Lipinski definition) is 0. The number of rotatable bonds is 5. The molecule has 4 rings (SSSR count). The fourth-order valence-corrected chi connectivity index (χ4v) is 4.71. The Balaban J connectivity index is 1.75. The highest BCUT2D eigenvalue weighted by Gasteiger charge is 2.44. The molecule has 1 aliphatic heterocycles. The van der Waals surface area contributed by atoms with Crippen LogP contribution in [0.4, 0.5) is 0 Å². The van der Waals surface area contributed by atoms with Crippen molar-refractivity contribution in [3.63, 3.8) is 0 Å². The van der Waals surface area contributed by atoms with Gasteiger partial charge >= 0.3 is 5.97 Å². The number of benzene rings is 1. The average Bonchev–Trinajstić information content (AvgIpc) is 2.78. The fourth-order valence-electron chi connectivity index (χ4n) is 4.71. The first-order chi connectivity index (χ1) is 15.4. The maximum absolute atomic E-state index is 13.5. The minimum Gasteiger partial charge on any atom is -0.497 e. The van der Waals surface area contributed by atoms with Crippen molar-refractivity contribution >= 4 is 17.5 Å². The van der Waals surface area contributed by atoms with Crippen molar-refractivity contribution in [2.75, 3.05) is 7.11 Å². The molecule has 1 aromatic carbocycles. The highest BCUT2D eigenvalue weighted by atomic mass is 16.5. The SMILES string of the molecule is COc1ccc([C@H]2CC(=O)C3=C(C2)N=C(C)C(C(=O)OC(C)C)[C@H]3c2ccncc2)cc1. The molecule has 0 bridgehead atoms. The lowest BCUT2D eigenvalue weighted by Crippen LogP contribution is -2.38. The van der Waals surface area contributed by atoms with Crippen LogP contribution in [-0.2, 0) is 14.3 Å². The van der Waals surface area contributed by atoms with Gasteiger partial charge in [0, 0.05) is 41.7 Å². The highest BCUT2D eigenvalue weighted by Crippen LogP contribution is 2.46. The molecule has 0 saturated heterocycles. The molecule has 0 fully saturated rings. The van der Waals surface area contributed by atoms with Crippen LogP contribution < -0.4 is 4.74 Å². The number of pyridine rings is 1. The van der Waals surface area contributed by atoms with Crippen molar-refractivity contribution in [3.8, 4) is 5.75 Å². The van der Waals surface area contributed by atoms with Crippen molar-refractivity contribution in [1.29, 1.82) is 0 Å². The van der Waals surface area contributed by atoms with Gasteiger partial charge in [-0.1, -0.05) is 12.1 Å². The molecule has 0 amide bonds. The van der Waals surface area contributed by atoms with Crippen molar-refractivity contribution < 1.29 is 19.1 Å². The Morgan fingerprint density at radius 3 is 2.34 bits per heavy atom. The summed E-state index contributed by atoms with van der Waals surface area (Å²) in [6.07, 6.45) is 4.17. The Morgan fingerprint density at radius 1 is 1.03 bits per heavy atom. The molecular formula is C26H28N2O4. The Labute approximate surface area is 188 Å². The number of hydrogen-bond acceptors (Lipinski definition) is 6. The summed E-state index contributed by atoms with van der Waals surface area (Å²) in [6.45, 7) is 5.50. The average molecular weight is 433 g/mol. The standard InChI is InChI=1S/C26H28N2O4/c1-15(2)32-26(30)23-16(3)28-21-13-19(17-5-7-20(31-4)8-6-17)14-22(29)25(21)24(23)18-9-11-27-12-10-18/h5-12,15,19,23-24H,13-14H2,1-4H3/t19-,23?,24-/m1/s1. The third-order valence-corrected chi connectivity index (χ3v) is 6.15. The van der Waals surface area contributed by atoms with E-state index >= 15 is 0 Å². The van der Waals surface area contributed by atoms with Gasteiger partial charge in [0.1, 0.15) is 11.7 Å². The van der Waals surface area contributed by atoms with E-state index in [4.69, 9.17) is 14.5 Å². The minimum atomic E-state index is -0.625. The quantitative estimate of drug-likeness (QED) is 0.645. The van der Waals surface area contributed by atoms with Gasteiger partial charge in [-0.05, 0) is 68.5 Å². The second kappa shape index (κ2) is 9.07. The number of carbonyl (C=O) groups is 2. The van der Waals surface area contributed by atoms with Crippen LogP contribution in [0.25, 0.3) is 0 Å². The van der Waals surface area contributed by atoms with Crippen LogP contribution in [0.5, 0.6) is 5.75 Å². The maximum atomic E-state index is 13.5. The number of allylic oxidation sites excluding steroid dienone is 2. The summed E-state index contributed by atoms with van der Waals surface area (Å²) in [4.78, 5) is 35.5. The molecule has 32 heavy (non-hydrogen) atoms. The number of aliphatic imine (C=N–C) groups is 1. The van der Waals surface area contributed by atoms with Gasteiger partial charge in [-0.3, -0.25) is 19.6 Å². The summed E-state index contributed by atoms with van der Waals surface area (Å²) < 4.78 is 10.8. The first kappa shape index (κ1) is 21.9. The lowest BCUT2D eigenvalue weighted by atomic mass is 9.69. The largest absolute Gasteiger partial charge is 0.497 e. The molecule has 2 aromatic rings. The number of esters is 1. The zero-order chi connectivity index (χ0) is 22.8. The second-order valence-corrected chi connectivity index (χ2v) is 8.64. The number of nitrogens with zero attached hydrogens (tertiary/aromatic N) is 2. The lowest BCUT2D eigenvalue weighted by molar-refractivity contribution is -0.150. The third-order valence-electron chi connectivity index (χ3n) is 6.15. The van der Waals surface area contributed by atoms with E-state index in [2.05, 4.69) is 4.98 Å². The van der Waals surface area contributed by atoms with E-state index in [0.717, 1.165) is 22.6 Å². The molecule has 0 radical (unpaired) electrons. The van der Waals surface area contributed by atoms with E-state index < -0.39 is 11.8 Å². The first-order valence-electron chi connectivity index (χ1n) is 10.9. The number of methoxy groups -OCH3 is 1. The van der Waals surface area contributed by atoms with Gasteiger partial charge in [-0.25, -0.2) is 0 Å². The predicted molar refractivity (Wildman–Crippen MR) is 122 cm³/mol. The molecule has 2 aliphatic rings. The molecule has 6 heteroatoms. The van der Waals surface area contributed by atoms with Crippen LogP contribution in [0, 0.1) is 5.92 Å². The van der Waals surface area contributed by atoms with Crippen LogP contribution in [0.1, 0.15) is 56.6 Å². The fraction of sp³-hybridized carbons (Fsp3) is 0.385. The summed E-state index contributed by atoms with van der Waals surface area (Å²) in [6, 6.07) is 11.6. The number of carbonyl (C=O) groups excluding carboxylic acids is 2. The van der Waals surface area contributed by atoms with Crippen LogP contribution in [0.2, 0.25) is 0 Å². The molecule has 1 aromatic heterocycles. The van der Waals surface area contributed by atoms with Gasteiger partial charge in [0.05, 0.1) is 13.2 Å². The Hall–Kier alpha value is -3.28. The summed E-state index contributed by atoms with van der Waals surface area (Å²) in [5, 5.41) is 0. The maximum Gasteiger partial charge on any atom is 0.315 e. The smallest absolute Gasteiger partial charge is 0.315 e. The summed E-state index contributed by atoms with van der Waals surface area (Å²) in [5.74, 6) is -0.527. The molecule has 0 N–H and O–H groups in total. The van der Waals surface area contributed by atoms with Crippen LogP contribution in [-0.4, -0.2) is 35.7 Å². The molecule has 2 heterocycles. The van der Waals surface area contributed by atoms with Crippen LogP contribution >= 0.6 is 0 Å². The normalized spacial score (nSPS) is 23.0. The van der Waals surface area contributed by atoms with Crippen molar-refractivity contribution in [3.05, 3.63) is 71.2 Å². The lowest BCUT2D eigenvalue weighted by Gasteiger charge is -2.36. The van der Waals surface area contributed by atoms with E-state index in [0.29, 0.717) is 24.1 Å². The molecular weight excluding hydrogens is 404 g/mol. The molecule has 1 unspecified atom stereocenters. The second-order valence-electron chi connectivity index (χ2n) is 8.64. The summed E-state index contributed by atoms with van der Waals surface area (Å²) >= 11 is 0. The Morgan fingerprint density at radius 2 is 1.72 bits per heavy atom. The number of Topliss-reactive ketones (excluding diaryl/α,β-unsaturated/α-hetero) is 1. The summed E-state index contributed by atoms with van der Waals surface area (Å²) in [7, 11) is 1.63. The Kier molecular flexibility index (Phi) is 6.21. The first-order valence-corrected chi connectivity index (χ1v) is 10.9. The molecule has 166 valence electrons. The molecule has 0 spiro atoms. The van der Waals surface area contributed by atoms with E-state index in [1.807, 2.05) is 57.2 Å². The molecule has 6 nitrogen and oxygen atoms in total. The summed E-state index contributed by atoms with van der Waals surface area (Å²) in [5.41, 5.74) is 4.05. The van der Waals surface area contributed by atoms with Gasteiger partial charge in [0.25, 0.3) is 0 Å². The van der Waals surface area contributed by atoms with E-state index in [9.17, 15) is 9.59 Å². The number of ether oxygens (including phenoxy) is 2. The van der Waals surface area contributed by atoms with Crippen LogP contribution in [0.15, 0.2) is 65.1 Å². The van der Waals surface area contributed by atoms with Gasteiger partial charge in [-0.2, -0.15) is 0 Å². The number of aromatic nitrogens is 1. The zero-order valence-electron chi connectivity index (χ0n) is 18.9. The Bertz CT molecular complexity index is 1070. The topological polar surface area (TPSA) is 77.8 Å². The monoisotopic (exact) mass is 432 g/mol. The highest BCUT2D eigenvalue weighted by molar-refractivity contribution is 6.09. The molecule has 1 aliphatic carbocycles.